The van der Waals surface area contributed by atoms with Crippen LogP contribution in [0, 0.1) is 17.5 Å². The highest BCUT2D eigenvalue weighted by atomic mass is 79.9. The van der Waals surface area contributed by atoms with Gasteiger partial charge in [0.25, 0.3) is 5.91 Å². The number of nitrogens with one attached hydrogen (secondary N) is 1. The predicted molar refractivity (Wildman–Crippen MR) is 76.3 cm³/mol. The molecule has 1 atom stereocenters. The summed E-state index contributed by atoms with van der Waals surface area (Å²) < 4.78 is 41.2. The standard InChI is InChI=1S/C15H11BrF3NO/c1-8(10-4-2-3-5-11(10)17)20-15(21)14-12(18)6-9(16)7-13(14)19/h2-8H,1H3,(H,20,21). The van der Waals surface area contributed by atoms with E-state index in [0.717, 1.165) is 12.1 Å². The fourth-order valence-corrected chi connectivity index (χ4v) is 2.33. The molecule has 2 aromatic carbocycles. The third-order valence-electron chi connectivity index (χ3n) is 2.95. The molecule has 0 heterocycles. The Balaban J connectivity index is 2.25. The molecular formula is C15H11BrF3NO. The first-order chi connectivity index (χ1) is 9.90. The first-order valence-corrected chi connectivity index (χ1v) is 6.89. The third kappa shape index (κ3) is 3.44. The van der Waals surface area contributed by atoms with Crippen molar-refractivity contribution in [3.63, 3.8) is 0 Å². The van der Waals surface area contributed by atoms with E-state index in [4.69, 9.17) is 0 Å². The highest BCUT2D eigenvalue weighted by molar-refractivity contribution is 9.10. The Kier molecular flexibility index (Phi) is 4.67. The fraction of sp³-hybridized carbons (Fsp3) is 0.133. The quantitative estimate of drug-likeness (QED) is 0.868. The van der Waals surface area contributed by atoms with E-state index in [2.05, 4.69) is 21.2 Å². The van der Waals surface area contributed by atoms with Crippen LogP contribution >= 0.6 is 15.9 Å². The maximum Gasteiger partial charge on any atom is 0.257 e. The predicted octanol–water partition coefficient (Wildman–Crippen LogP) is 4.36. The minimum Gasteiger partial charge on any atom is -0.345 e. The summed E-state index contributed by atoms with van der Waals surface area (Å²) in [7, 11) is 0. The van der Waals surface area contributed by atoms with Crippen molar-refractivity contribution in [2.75, 3.05) is 0 Å². The third-order valence-corrected chi connectivity index (χ3v) is 3.41. The van der Waals surface area contributed by atoms with Crippen molar-refractivity contribution < 1.29 is 18.0 Å². The van der Waals surface area contributed by atoms with Crippen LogP contribution in [0.15, 0.2) is 40.9 Å². The van der Waals surface area contributed by atoms with Gasteiger partial charge in [-0.15, -0.1) is 0 Å². The van der Waals surface area contributed by atoms with Crippen molar-refractivity contribution >= 4 is 21.8 Å². The molecule has 0 aliphatic carbocycles. The number of carbonyl (C=O) groups excluding carboxylic acids is 1. The fourth-order valence-electron chi connectivity index (χ4n) is 1.93. The van der Waals surface area contributed by atoms with Gasteiger partial charge in [0.2, 0.25) is 0 Å². The van der Waals surface area contributed by atoms with E-state index in [0.29, 0.717) is 0 Å². The Morgan fingerprint density at radius 1 is 1.10 bits per heavy atom. The van der Waals surface area contributed by atoms with E-state index in [1.165, 1.54) is 25.1 Å². The normalized spacial score (nSPS) is 12.0. The van der Waals surface area contributed by atoms with E-state index in [-0.39, 0.29) is 10.0 Å². The second kappa shape index (κ2) is 6.30. The Morgan fingerprint density at radius 3 is 2.24 bits per heavy atom. The summed E-state index contributed by atoms with van der Waals surface area (Å²) in [5, 5.41) is 2.38. The lowest BCUT2D eigenvalue weighted by atomic mass is 10.1. The van der Waals surface area contributed by atoms with Crippen LogP contribution in [0.4, 0.5) is 13.2 Å². The van der Waals surface area contributed by atoms with E-state index >= 15 is 0 Å². The molecule has 110 valence electrons. The summed E-state index contributed by atoms with van der Waals surface area (Å²) >= 11 is 2.93. The number of hydrogen-bond acceptors (Lipinski definition) is 1. The van der Waals surface area contributed by atoms with Crippen molar-refractivity contribution in [2.24, 2.45) is 0 Å². The zero-order chi connectivity index (χ0) is 15.6. The molecule has 0 spiro atoms. The molecule has 0 aliphatic rings. The Morgan fingerprint density at radius 2 is 1.67 bits per heavy atom. The number of rotatable bonds is 3. The van der Waals surface area contributed by atoms with Crippen molar-refractivity contribution in [3.05, 3.63) is 69.4 Å². The van der Waals surface area contributed by atoms with E-state index in [1.807, 2.05) is 0 Å². The SMILES string of the molecule is CC(NC(=O)c1c(F)cc(Br)cc1F)c1ccccc1F. The van der Waals surface area contributed by atoms with Crippen LogP contribution in [0.25, 0.3) is 0 Å². The van der Waals surface area contributed by atoms with Crippen molar-refractivity contribution in [1.29, 1.82) is 0 Å². The average molecular weight is 358 g/mol. The molecule has 1 unspecified atom stereocenters. The molecule has 2 rings (SSSR count). The van der Waals surface area contributed by atoms with Gasteiger partial charge in [-0.1, -0.05) is 34.1 Å². The van der Waals surface area contributed by atoms with Gasteiger partial charge in [-0.25, -0.2) is 13.2 Å². The molecular weight excluding hydrogens is 347 g/mol. The molecule has 0 radical (unpaired) electrons. The molecule has 0 fully saturated rings. The van der Waals surface area contributed by atoms with Crippen LogP contribution < -0.4 is 5.32 Å². The van der Waals surface area contributed by atoms with E-state index in [9.17, 15) is 18.0 Å². The molecule has 6 heteroatoms. The molecule has 0 bridgehead atoms. The number of amides is 1. The first-order valence-electron chi connectivity index (χ1n) is 6.10. The molecule has 0 aromatic heterocycles. The maximum absolute atomic E-state index is 13.7. The van der Waals surface area contributed by atoms with E-state index in [1.54, 1.807) is 6.07 Å². The highest BCUT2D eigenvalue weighted by Crippen LogP contribution is 2.21. The Hall–Kier alpha value is -1.82. The van der Waals surface area contributed by atoms with E-state index < -0.39 is 35.0 Å². The minimum atomic E-state index is -0.986. The second-order valence-electron chi connectivity index (χ2n) is 4.46. The van der Waals surface area contributed by atoms with Gasteiger partial charge in [0.05, 0.1) is 6.04 Å². The molecule has 0 saturated heterocycles. The number of carbonyl (C=O) groups is 1. The number of hydrogen-bond donors (Lipinski definition) is 1. The van der Waals surface area contributed by atoms with Crippen LogP contribution in [-0.2, 0) is 0 Å². The van der Waals surface area contributed by atoms with Gasteiger partial charge in [0, 0.05) is 10.0 Å². The lowest BCUT2D eigenvalue weighted by Crippen LogP contribution is -2.29. The molecule has 1 N–H and O–H groups in total. The lowest BCUT2D eigenvalue weighted by molar-refractivity contribution is 0.0931. The second-order valence-corrected chi connectivity index (χ2v) is 5.38. The summed E-state index contributed by atoms with van der Waals surface area (Å²) in [6.45, 7) is 1.53. The smallest absolute Gasteiger partial charge is 0.257 e. The summed E-state index contributed by atoms with van der Waals surface area (Å²) in [5.74, 6) is -3.41. The van der Waals surface area contributed by atoms with Crippen LogP contribution in [0.1, 0.15) is 28.9 Å². The summed E-state index contributed by atoms with van der Waals surface area (Å²) in [6.07, 6.45) is 0. The lowest BCUT2D eigenvalue weighted by Gasteiger charge is -2.15. The van der Waals surface area contributed by atoms with Crippen molar-refractivity contribution in [1.82, 2.24) is 5.32 Å². The molecule has 0 saturated carbocycles. The van der Waals surface area contributed by atoms with Gasteiger partial charge in [-0.05, 0) is 25.1 Å². The summed E-state index contributed by atoms with van der Waals surface area (Å²) in [6, 6.07) is 7.13. The van der Waals surface area contributed by atoms with Crippen LogP contribution in [0.2, 0.25) is 0 Å². The zero-order valence-corrected chi connectivity index (χ0v) is 12.5. The molecule has 2 aromatic rings. The van der Waals surface area contributed by atoms with Crippen LogP contribution in [0.5, 0.6) is 0 Å². The maximum atomic E-state index is 13.7. The number of halogens is 4. The van der Waals surface area contributed by atoms with Gasteiger partial charge in [0.1, 0.15) is 23.0 Å². The van der Waals surface area contributed by atoms with Gasteiger partial charge in [-0.3, -0.25) is 4.79 Å². The first kappa shape index (κ1) is 15.6. The Labute approximate surface area is 128 Å². The molecule has 21 heavy (non-hydrogen) atoms. The Bertz CT molecular complexity index is 667. The van der Waals surface area contributed by atoms with Crippen LogP contribution in [-0.4, -0.2) is 5.91 Å². The van der Waals surface area contributed by atoms with Crippen molar-refractivity contribution in [2.45, 2.75) is 13.0 Å². The zero-order valence-electron chi connectivity index (χ0n) is 11.0. The summed E-state index contributed by atoms with van der Waals surface area (Å²) in [5.41, 5.74) is -0.454. The topological polar surface area (TPSA) is 29.1 Å². The minimum absolute atomic E-state index is 0.191. The largest absolute Gasteiger partial charge is 0.345 e. The van der Waals surface area contributed by atoms with Gasteiger partial charge in [0.15, 0.2) is 0 Å². The monoisotopic (exact) mass is 357 g/mol. The molecule has 2 nitrogen and oxygen atoms in total. The molecule has 0 aliphatic heterocycles. The highest BCUT2D eigenvalue weighted by Gasteiger charge is 2.21. The molecule has 1 amide bonds. The van der Waals surface area contributed by atoms with Crippen LogP contribution in [0.3, 0.4) is 0 Å². The van der Waals surface area contributed by atoms with Gasteiger partial charge >= 0.3 is 0 Å². The number of benzene rings is 2. The summed E-state index contributed by atoms with van der Waals surface area (Å²) in [4.78, 5) is 12.0. The van der Waals surface area contributed by atoms with Gasteiger partial charge in [-0.2, -0.15) is 0 Å². The van der Waals surface area contributed by atoms with Gasteiger partial charge < -0.3 is 5.32 Å². The average Bonchev–Trinajstić information content (AvgIpc) is 2.37. The van der Waals surface area contributed by atoms with Crippen molar-refractivity contribution in [3.8, 4) is 0 Å².